The monoisotopic (exact) mass is 559 g/mol. The van der Waals surface area contributed by atoms with Crippen LogP contribution in [0.3, 0.4) is 0 Å². The second-order valence-electron chi connectivity index (χ2n) is 8.65. The van der Waals surface area contributed by atoms with Gasteiger partial charge in [0.2, 0.25) is 10.0 Å². The molecule has 202 valence electrons. The number of methoxy groups -OCH3 is 2. The molecule has 1 aliphatic rings. The summed E-state index contributed by atoms with van der Waals surface area (Å²) in [6.07, 6.45) is 2.59. The van der Waals surface area contributed by atoms with E-state index in [1.54, 1.807) is 24.3 Å². The van der Waals surface area contributed by atoms with Crippen LogP contribution in [0.2, 0.25) is 0 Å². The SMILES string of the molecule is COc1ccc(NS(=O)(=O)c2cc(NC(=O)c3cccc(S(=O)(=O)N4CCCCC4)c3)ccc2OC)cc1. The van der Waals surface area contributed by atoms with Gasteiger partial charge in [-0.05, 0) is 73.5 Å². The van der Waals surface area contributed by atoms with Gasteiger partial charge in [0.15, 0.2) is 0 Å². The number of carbonyl (C=O) groups is 1. The van der Waals surface area contributed by atoms with Crippen LogP contribution < -0.4 is 19.5 Å². The number of sulfonamides is 2. The molecule has 1 saturated heterocycles. The van der Waals surface area contributed by atoms with Crippen molar-refractivity contribution >= 4 is 37.3 Å². The third kappa shape index (κ3) is 6.09. The Morgan fingerprint density at radius 3 is 2.16 bits per heavy atom. The summed E-state index contributed by atoms with van der Waals surface area (Å²) < 4.78 is 66.6. The number of benzene rings is 3. The lowest BCUT2D eigenvalue weighted by molar-refractivity contribution is 0.102. The first-order chi connectivity index (χ1) is 18.1. The molecule has 10 nitrogen and oxygen atoms in total. The number of hydrogen-bond donors (Lipinski definition) is 2. The zero-order valence-electron chi connectivity index (χ0n) is 21.0. The van der Waals surface area contributed by atoms with Crippen molar-refractivity contribution in [2.45, 2.75) is 29.1 Å². The number of nitrogens with zero attached hydrogens (tertiary/aromatic N) is 1. The number of hydrogen-bond acceptors (Lipinski definition) is 7. The van der Waals surface area contributed by atoms with Crippen molar-refractivity contribution in [2.75, 3.05) is 37.3 Å². The van der Waals surface area contributed by atoms with E-state index < -0.39 is 26.0 Å². The van der Waals surface area contributed by atoms with E-state index in [0.29, 0.717) is 24.5 Å². The summed E-state index contributed by atoms with van der Waals surface area (Å²) in [5.74, 6) is 0.0685. The molecule has 1 fully saturated rings. The summed E-state index contributed by atoms with van der Waals surface area (Å²) in [7, 11) is -4.96. The first-order valence-electron chi connectivity index (χ1n) is 11.9. The molecule has 0 unspecified atom stereocenters. The molecule has 12 heteroatoms. The maximum Gasteiger partial charge on any atom is 0.265 e. The number of ether oxygens (including phenoxy) is 2. The third-order valence-corrected chi connectivity index (χ3v) is 9.40. The summed E-state index contributed by atoms with van der Waals surface area (Å²) in [6.45, 7) is 0.902. The predicted octanol–water partition coefficient (Wildman–Crippen LogP) is 3.93. The van der Waals surface area contributed by atoms with Gasteiger partial charge < -0.3 is 14.8 Å². The molecule has 0 spiro atoms. The van der Waals surface area contributed by atoms with Crippen molar-refractivity contribution in [3.05, 3.63) is 72.3 Å². The largest absolute Gasteiger partial charge is 0.497 e. The van der Waals surface area contributed by atoms with Gasteiger partial charge in [-0.3, -0.25) is 9.52 Å². The fraction of sp³-hybridized carbons (Fsp3) is 0.269. The van der Waals surface area contributed by atoms with Crippen LogP contribution in [0.1, 0.15) is 29.6 Å². The highest BCUT2D eigenvalue weighted by molar-refractivity contribution is 7.92. The summed E-state index contributed by atoms with van der Waals surface area (Å²) in [4.78, 5) is 12.9. The smallest absolute Gasteiger partial charge is 0.265 e. The molecule has 0 bridgehead atoms. The molecule has 0 aliphatic carbocycles. The lowest BCUT2D eigenvalue weighted by atomic mass is 10.2. The number of amides is 1. The van der Waals surface area contributed by atoms with Gasteiger partial charge >= 0.3 is 0 Å². The van der Waals surface area contributed by atoms with Gasteiger partial charge in [0.1, 0.15) is 16.4 Å². The Morgan fingerprint density at radius 2 is 1.50 bits per heavy atom. The molecule has 0 atom stereocenters. The van der Waals surface area contributed by atoms with Gasteiger partial charge in [0, 0.05) is 30.0 Å². The van der Waals surface area contributed by atoms with E-state index in [1.165, 1.54) is 61.0 Å². The molecule has 3 aromatic rings. The molecule has 1 heterocycles. The number of nitrogens with one attached hydrogen (secondary N) is 2. The Hall–Kier alpha value is -3.61. The average molecular weight is 560 g/mol. The molecule has 0 aromatic heterocycles. The quantitative estimate of drug-likeness (QED) is 0.406. The zero-order chi connectivity index (χ0) is 27.3. The van der Waals surface area contributed by atoms with Crippen LogP contribution in [0, 0.1) is 0 Å². The van der Waals surface area contributed by atoms with Crippen molar-refractivity contribution in [1.82, 2.24) is 4.31 Å². The van der Waals surface area contributed by atoms with Gasteiger partial charge in [-0.15, -0.1) is 0 Å². The first-order valence-corrected chi connectivity index (χ1v) is 14.8. The maximum atomic E-state index is 13.1. The molecular weight excluding hydrogens is 530 g/mol. The number of rotatable bonds is 9. The molecule has 4 rings (SSSR count). The number of anilines is 2. The molecule has 1 amide bonds. The van der Waals surface area contributed by atoms with Crippen molar-refractivity contribution in [1.29, 1.82) is 0 Å². The van der Waals surface area contributed by atoms with Crippen LogP contribution >= 0.6 is 0 Å². The highest BCUT2D eigenvalue weighted by Crippen LogP contribution is 2.30. The van der Waals surface area contributed by atoms with Gasteiger partial charge in [-0.2, -0.15) is 4.31 Å². The molecule has 1 aliphatic heterocycles. The van der Waals surface area contributed by atoms with Crippen LogP contribution in [0.4, 0.5) is 11.4 Å². The number of piperidine rings is 1. The van der Waals surface area contributed by atoms with Gasteiger partial charge in [-0.25, -0.2) is 16.8 Å². The van der Waals surface area contributed by atoms with Gasteiger partial charge in [-0.1, -0.05) is 12.5 Å². The molecule has 3 aromatic carbocycles. The minimum Gasteiger partial charge on any atom is -0.497 e. The topological polar surface area (TPSA) is 131 Å². The molecule has 38 heavy (non-hydrogen) atoms. The molecule has 0 radical (unpaired) electrons. The highest BCUT2D eigenvalue weighted by Gasteiger charge is 2.27. The first kappa shape index (κ1) is 27.4. The minimum absolute atomic E-state index is 0.0359. The third-order valence-electron chi connectivity index (χ3n) is 6.10. The van der Waals surface area contributed by atoms with Crippen molar-refractivity contribution in [2.24, 2.45) is 0 Å². The maximum absolute atomic E-state index is 13.1. The van der Waals surface area contributed by atoms with Gasteiger partial charge in [0.25, 0.3) is 15.9 Å². The second-order valence-corrected chi connectivity index (χ2v) is 12.2. The fourth-order valence-corrected chi connectivity index (χ4v) is 6.91. The van der Waals surface area contributed by atoms with E-state index in [9.17, 15) is 21.6 Å². The van der Waals surface area contributed by atoms with Crippen LogP contribution in [-0.2, 0) is 20.0 Å². The zero-order valence-corrected chi connectivity index (χ0v) is 22.6. The fourth-order valence-electron chi connectivity index (χ4n) is 4.09. The predicted molar refractivity (Wildman–Crippen MR) is 144 cm³/mol. The molecular formula is C26H29N3O7S2. The molecule has 2 N–H and O–H groups in total. The Kier molecular flexibility index (Phi) is 8.24. The average Bonchev–Trinajstić information content (AvgIpc) is 2.93. The highest BCUT2D eigenvalue weighted by atomic mass is 32.2. The van der Waals surface area contributed by atoms with Crippen molar-refractivity contribution < 1.29 is 31.1 Å². The van der Waals surface area contributed by atoms with Gasteiger partial charge in [0.05, 0.1) is 19.1 Å². The van der Waals surface area contributed by atoms with E-state index in [-0.39, 0.29) is 26.8 Å². The Morgan fingerprint density at radius 1 is 0.816 bits per heavy atom. The van der Waals surface area contributed by atoms with E-state index in [2.05, 4.69) is 10.0 Å². The summed E-state index contributed by atoms with van der Waals surface area (Å²) in [5.41, 5.74) is 0.629. The van der Waals surface area contributed by atoms with Crippen LogP contribution in [-0.4, -0.2) is 54.4 Å². The summed E-state index contributed by atoms with van der Waals surface area (Å²) in [5, 5.41) is 2.65. The number of carbonyl (C=O) groups excluding carboxylic acids is 1. The normalized spacial score (nSPS) is 14.5. The van der Waals surface area contributed by atoms with E-state index in [1.807, 2.05) is 0 Å². The second kappa shape index (κ2) is 11.4. The Labute approximate surface area is 222 Å². The Bertz CT molecular complexity index is 1520. The Balaban J connectivity index is 1.56. The summed E-state index contributed by atoms with van der Waals surface area (Å²) in [6, 6.07) is 16.3. The van der Waals surface area contributed by atoms with Crippen LogP contribution in [0.25, 0.3) is 0 Å². The van der Waals surface area contributed by atoms with E-state index in [4.69, 9.17) is 9.47 Å². The minimum atomic E-state index is -4.09. The summed E-state index contributed by atoms with van der Waals surface area (Å²) >= 11 is 0. The lowest BCUT2D eigenvalue weighted by Crippen LogP contribution is -2.35. The lowest BCUT2D eigenvalue weighted by Gasteiger charge is -2.26. The van der Waals surface area contributed by atoms with E-state index >= 15 is 0 Å². The van der Waals surface area contributed by atoms with Crippen molar-refractivity contribution in [3.8, 4) is 11.5 Å². The molecule has 0 saturated carbocycles. The van der Waals surface area contributed by atoms with Crippen molar-refractivity contribution in [3.63, 3.8) is 0 Å². The standard InChI is InChI=1S/C26H29N3O7S2/c1-35-22-12-9-20(10-13-22)28-37(31,32)25-18-21(11-14-24(25)36-2)27-26(30)19-7-6-8-23(17-19)38(33,34)29-15-4-3-5-16-29/h6-14,17-18,28H,3-5,15-16H2,1-2H3,(H,27,30). The van der Waals surface area contributed by atoms with Crippen LogP contribution in [0.5, 0.6) is 11.5 Å². The van der Waals surface area contributed by atoms with E-state index in [0.717, 1.165) is 19.3 Å². The van der Waals surface area contributed by atoms with Crippen LogP contribution in [0.15, 0.2) is 76.5 Å².